The number of ether oxygens (including phenoxy) is 1. The first-order valence-electron chi connectivity index (χ1n) is 5.82. The molecule has 7 heteroatoms. The van der Waals surface area contributed by atoms with Crippen molar-refractivity contribution in [1.82, 2.24) is 4.98 Å². The predicted molar refractivity (Wildman–Crippen MR) is 76.1 cm³/mol. The Morgan fingerprint density at radius 2 is 2.37 bits per heavy atom. The van der Waals surface area contributed by atoms with Gasteiger partial charge in [-0.05, 0) is 29.3 Å². The molecule has 0 amide bonds. The van der Waals surface area contributed by atoms with E-state index in [0.717, 1.165) is 5.03 Å². The summed E-state index contributed by atoms with van der Waals surface area (Å²) >= 11 is 0. The van der Waals surface area contributed by atoms with E-state index in [-0.39, 0.29) is 18.5 Å². The molecule has 2 unspecified atom stereocenters. The van der Waals surface area contributed by atoms with E-state index < -0.39 is 6.10 Å². The van der Waals surface area contributed by atoms with Gasteiger partial charge in [0.15, 0.2) is 0 Å². The molecule has 1 heterocycles. The molecular formula is C12H17NO4S2. The Labute approximate surface area is 120 Å². The fourth-order valence-corrected chi connectivity index (χ4v) is 3.44. The van der Waals surface area contributed by atoms with E-state index in [9.17, 15) is 4.79 Å². The van der Waals surface area contributed by atoms with Gasteiger partial charge in [0.1, 0.15) is 24.0 Å². The van der Waals surface area contributed by atoms with Crippen molar-refractivity contribution in [1.29, 1.82) is 0 Å². The predicted octanol–water partition coefficient (Wildman–Crippen LogP) is 2.67. The Morgan fingerprint density at radius 1 is 1.53 bits per heavy atom. The van der Waals surface area contributed by atoms with Gasteiger partial charge in [-0.1, -0.05) is 23.8 Å². The third-order valence-electron chi connectivity index (χ3n) is 2.17. The third kappa shape index (κ3) is 7.54. The van der Waals surface area contributed by atoms with E-state index in [0.29, 0.717) is 12.7 Å². The van der Waals surface area contributed by atoms with E-state index in [2.05, 4.69) is 9.87 Å². The number of rotatable bonds is 10. The normalized spacial score (nSPS) is 14.0. The first-order chi connectivity index (χ1) is 9.26. The first kappa shape index (κ1) is 16.5. The Bertz CT molecular complexity index is 353. The van der Waals surface area contributed by atoms with Gasteiger partial charge in [-0.3, -0.25) is 5.26 Å². The molecule has 106 valence electrons. The van der Waals surface area contributed by atoms with Gasteiger partial charge < -0.3 is 9.53 Å². The molecule has 2 atom stereocenters. The fourth-order valence-electron chi connectivity index (χ4n) is 1.33. The molecule has 5 nitrogen and oxygen atoms in total. The third-order valence-corrected chi connectivity index (χ3v) is 4.99. The number of hydrogen-bond donors (Lipinski definition) is 1. The highest BCUT2D eigenvalue weighted by Gasteiger charge is 2.15. The van der Waals surface area contributed by atoms with Crippen molar-refractivity contribution >= 4 is 27.9 Å². The monoisotopic (exact) mass is 303 g/mol. The molecule has 1 aromatic heterocycles. The topological polar surface area (TPSA) is 68.7 Å². The summed E-state index contributed by atoms with van der Waals surface area (Å²) in [6, 6.07) is 5.75. The van der Waals surface area contributed by atoms with Gasteiger partial charge >= 0.3 is 0 Å². The number of nitrogens with zero attached hydrogens (tertiary/aromatic N) is 1. The molecule has 0 spiro atoms. The van der Waals surface area contributed by atoms with Gasteiger partial charge in [0, 0.05) is 11.4 Å². The van der Waals surface area contributed by atoms with Crippen LogP contribution in [-0.2, 0) is 14.4 Å². The van der Waals surface area contributed by atoms with Crippen LogP contribution in [0.4, 0.5) is 0 Å². The molecule has 0 fully saturated rings. The molecule has 0 radical (unpaired) electrons. The van der Waals surface area contributed by atoms with Gasteiger partial charge in [-0.25, -0.2) is 9.87 Å². The van der Waals surface area contributed by atoms with Crippen LogP contribution in [0.15, 0.2) is 29.4 Å². The number of carbonyl (C=O) groups is 1. The molecule has 0 saturated heterocycles. The van der Waals surface area contributed by atoms with Gasteiger partial charge in [0.25, 0.3) is 0 Å². The largest absolute Gasteiger partial charge is 0.371 e. The molecule has 0 aliphatic heterocycles. The minimum Gasteiger partial charge on any atom is -0.371 e. The maximum atomic E-state index is 10.1. The van der Waals surface area contributed by atoms with E-state index in [1.807, 2.05) is 25.1 Å². The Balaban J connectivity index is 2.24. The summed E-state index contributed by atoms with van der Waals surface area (Å²) in [6.07, 6.45) is 2.62. The van der Waals surface area contributed by atoms with Crippen LogP contribution in [0, 0.1) is 0 Å². The first-order valence-corrected chi connectivity index (χ1v) is 8.03. The quantitative estimate of drug-likeness (QED) is 0.234. The SMILES string of the molecule is CC(CC(COCC=O)OO)SSc1ccccn1. The maximum Gasteiger partial charge on any atom is 0.145 e. The highest BCUT2D eigenvalue weighted by molar-refractivity contribution is 8.76. The zero-order valence-corrected chi connectivity index (χ0v) is 12.2. The Morgan fingerprint density at radius 3 is 3.00 bits per heavy atom. The van der Waals surface area contributed by atoms with Crippen molar-refractivity contribution in [3.8, 4) is 0 Å². The summed E-state index contributed by atoms with van der Waals surface area (Å²) in [5.41, 5.74) is 0. The standard InChI is InChI=1S/C12H17NO4S2/c1-10(8-11(17-15)9-16-7-6-14)18-19-12-4-2-3-5-13-12/h2-6,10-11,15H,7-9H2,1H3. The van der Waals surface area contributed by atoms with Crippen LogP contribution in [0.1, 0.15) is 13.3 Å². The Kier molecular flexibility index (Phi) is 8.85. The second-order valence-corrected chi connectivity index (χ2v) is 6.48. The van der Waals surface area contributed by atoms with E-state index in [1.54, 1.807) is 27.8 Å². The molecule has 0 aliphatic rings. The van der Waals surface area contributed by atoms with Gasteiger partial charge in [-0.15, -0.1) is 0 Å². The van der Waals surface area contributed by atoms with Crippen LogP contribution < -0.4 is 0 Å². The number of pyridine rings is 1. The number of aldehydes is 1. The molecule has 19 heavy (non-hydrogen) atoms. The van der Waals surface area contributed by atoms with Crippen LogP contribution in [-0.4, -0.2) is 41.1 Å². The number of carbonyl (C=O) groups excluding carboxylic acids is 1. The second-order valence-electron chi connectivity index (χ2n) is 3.83. The van der Waals surface area contributed by atoms with Gasteiger partial charge in [0.2, 0.25) is 0 Å². The highest BCUT2D eigenvalue weighted by Crippen LogP contribution is 2.34. The summed E-state index contributed by atoms with van der Waals surface area (Å²) in [4.78, 5) is 18.7. The molecule has 1 N–H and O–H groups in total. The van der Waals surface area contributed by atoms with Crippen molar-refractivity contribution in [3.63, 3.8) is 0 Å². The molecule has 1 rings (SSSR count). The molecule has 0 aliphatic carbocycles. The molecule has 0 bridgehead atoms. The van der Waals surface area contributed by atoms with Crippen molar-refractivity contribution in [2.75, 3.05) is 13.2 Å². The molecule has 0 aromatic carbocycles. The average molecular weight is 303 g/mol. The lowest BCUT2D eigenvalue weighted by molar-refractivity contribution is -0.287. The van der Waals surface area contributed by atoms with Crippen LogP contribution in [0.25, 0.3) is 0 Å². The molecule has 1 aromatic rings. The Hall–Kier alpha value is -0.600. The van der Waals surface area contributed by atoms with Crippen molar-refractivity contribution in [3.05, 3.63) is 24.4 Å². The van der Waals surface area contributed by atoms with Crippen LogP contribution in [0.2, 0.25) is 0 Å². The lowest BCUT2D eigenvalue weighted by atomic mass is 10.2. The summed E-state index contributed by atoms with van der Waals surface area (Å²) < 4.78 is 5.02. The van der Waals surface area contributed by atoms with Crippen molar-refractivity contribution in [2.24, 2.45) is 0 Å². The summed E-state index contributed by atoms with van der Waals surface area (Å²) in [5, 5.41) is 9.96. The zero-order chi connectivity index (χ0) is 13.9. The summed E-state index contributed by atoms with van der Waals surface area (Å²) in [5.74, 6) is 0. The lowest BCUT2D eigenvalue weighted by Gasteiger charge is -2.16. The van der Waals surface area contributed by atoms with Crippen LogP contribution in [0.5, 0.6) is 0 Å². The van der Waals surface area contributed by atoms with Crippen molar-refractivity contribution < 1.29 is 19.7 Å². The smallest absolute Gasteiger partial charge is 0.145 e. The second kappa shape index (κ2) is 10.2. The zero-order valence-electron chi connectivity index (χ0n) is 10.6. The number of aromatic nitrogens is 1. The minimum atomic E-state index is -0.424. The minimum absolute atomic E-state index is 0.0179. The van der Waals surface area contributed by atoms with Crippen molar-refractivity contribution in [2.45, 2.75) is 29.7 Å². The average Bonchev–Trinajstić information content (AvgIpc) is 2.45. The highest BCUT2D eigenvalue weighted by atomic mass is 33.1. The van der Waals surface area contributed by atoms with E-state index in [1.165, 1.54) is 0 Å². The van der Waals surface area contributed by atoms with E-state index >= 15 is 0 Å². The summed E-state index contributed by atoms with van der Waals surface area (Å²) in [6.45, 7) is 2.25. The maximum absolute atomic E-state index is 10.1. The van der Waals surface area contributed by atoms with Crippen LogP contribution in [0.3, 0.4) is 0 Å². The van der Waals surface area contributed by atoms with Crippen LogP contribution >= 0.6 is 21.6 Å². The van der Waals surface area contributed by atoms with Gasteiger partial charge in [-0.2, -0.15) is 0 Å². The van der Waals surface area contributed by atoms with Gasteiger partial charge in [0.05, 0.1) is 6.61 Å². The van der Waals surface area contributed by atoms with E-state index in [4.69, 9.17) is 9.99 Å². The fraction of sp³-hybridized carbons (Fsp3) is 0.500. The molecule has 0 saturated carbocycles. The molecular weight excluding hydrogens is 286 g/mol. The number of hydrogen-bond acceptors (Lipinski definition) is 7. The lowest BCUT2D eigenvalue weighted by Crippen LogP contribution is -2.22. The summed E-state index contributed by atoms with van der Waals surface area (Å²) in [7, 11) is 3.23.